The van der Waals surface area contributed by atoms with Crippen LogP contribution in [0.25, 0.3) is 0 Å². The van der Waals surface area contributed by atoms with Crippen LogP contribution in [-0.2, 0) is 18.8 Å². The molecule has 2 rings (SSSR count). The Bertz CT molecular complexity index is 704. The SMILES string of the molecule is FC(F)(F)c1ccc(CCCCCCOc2ccccc2C(F)(F)F)cc1. The summed E-state index contributed by atoms with van der Waals surface area (Å²) < 4.78 is 81.2. The standard InChI is InChI=1S/C20H20F6O/c21-19(22,23)16-12-10-15(11-13-16)7-3-1-2-6-14-27-18-9-5-4-8-17(18)20(24,25)26/h4-5,8-13H,1-3,6-7,14H2. The Balaban J connectivity index is 1.66. The summed E-state index contributed by atoms with van der Waals surface area (Å²) in [4.78, 5) is 0. The second kappa shape index (κ2) is 9.15. The van der Waals surface area contributed by atoms with Crippen LogP contribution in [0.5, 0.6) is 5.75 Å². The minimum absolute atomic E-state index is 0.172. The molecule has 0 amide bonds. The van der Waals surface area contributed by atoms with Crippen molar-refractivity contribution in [2.24, 2.45) is 0 Å². The highest BCUT2D eigenvalue weighted by molar-refractivity contribution is 5.35. The molecule has 0 fully saturated rings. The first-order valence-corrected chi connectivity index (χ1v) is 8.63. The molecule has 0 atom stereocenters. The van der Waals surface area contributed by atoms with Crippen molar-refractivity contribution >= 4 is 0 Å². The van der Waals surface area contributed by atoms with Crippen molar-refractivity contribution < 1.29 is 31.1 Å². The molecule has 1 nitrogen and oxygen atoms in total. The topological polar surface area (TPSA) is 9.23 Å². The predicted octanol–water partition coefficient (Wildman–Crippen LogP) is 6.91. The third-order valence-electron chi connectivity index (χ3n) is 4.09. The Labute approximate surface area is 154 Å². The van der Waals surface area contributed by atoms with Crippen molar-refractivity contribution in [3.63, 3.8) is 0 Å². The molecule has 0 N–H and O–H groups in total. The molecule has 0 aliphatic heterocycles. The molecule has 0 aromatic heterocycles. The lowest BCUT2D eigenvalue weighted by Crippen LogP contribution is -2.09. The summed E-state index contributed by atoms with van der Waals surface area (Å²) in [5, 5.41) is 0. The van der Waals surface area contributed by atoms with E-state index in [-0.39, 0.29) is 12.4 Å². The van der Waals surface area contributed by atoms with Crippen LogP contribution < -0.4 is 4.74 Å². The van der Waals surface area contributed by atoms with Gasteiger partial charge in [0.25, 0.3) is 0 Å². The quantitative estimate of drug-likeness (QED) is 0.352. The van der Waals surface area contributed by atoms with Crippen molar-refractivity contribution in [2.45, 2.75) is 44.5 Å². The Morgan fingerprint density at radius 1 is 0.667 bits per heavy atom. The molecular formula is C20H20F6O. The van der Waals surface area contributed by atoms with Gasteiger partial charge in [-0.2, -0.15) is 26.3 Å². The van der Waals surface area contributed by atoms with Gasteiger partial charge in [-0.25, -0.2) is 0 Å². The molecular weight excluding hydrogens is 370 g/mol. The highest BCUT2D eigenvalue weighted by Crippen LogP contribution is 2.36. The lowest BCUT2D eigenvalue weighted by Gasteiger charge is -2.13. The zero-order chi connectivity index (χ0) is 19.9. The summed E-state index contributed by atoms with van der Waals surface area (Å²) in [6.45, 7) is 0.188. The minimum Gasteiger partial charge on any atom is -0.493 e. The van der Waals surface area contributed by atoms with Gasteiger partial charge in [-0.15, -0.1) is 0 Å². The fourth-order valence-corrected chi connectivity index (χ4v) is 2.65. The van der Waals surface area contributed by atoms with Gasteiger partial charge >= 0.3 is 12.4 Å². The van der Waals surface area contributed by atoms with E-state index in [1.54, 1.807) is 0 Å². The van der Waals surface area contributed by atoms with Gasteiger partial charge in [-0.3, -0.25) is 0 Å². The second-order valence-electron chi connectivity index (χ2n) is 6.20. The Kier molecular flexibility index (Phi) is 7.16. The monoisotopic (exact) mass is 390 g/mol. The lowest BCUT2D eigenvalue weighted by atomic mass is 10.0. The fraction of sp³-hybridized carbons (Fsp3) is 0.400. The number of halogens is 6. The number of benzene rings is 2. The molecule has 0 bridgehead atoms. The first kappa shape index (κ1) is 21.1. The number of hydrogen-bond acceptors (Lipinski definition) is 1. The largest absolute Gasteiger partial charge is 0.493 e. The molecule has 148 valence electrons. The van der Waals surface area contributed by atoms with Crippen LogP contribution >= 0.6 is 0 Å². The van der Waals surface area contributed by atoms with Gasteiger partial charge in [-0.05, 0) is 49.1 Å². The molecule has 2 aromatic rings. The van der Waals surface area contributed by atoms with Crippen LogP contribution in [0.15, 0.2) is 48.5 Å². The zero-order valence-electron chi connectivity index (χ0n) is 14.5. The molecule has 0 heterocycles. The smallest absolute Gasteiger partial charge is 0.419 e. The second-order valence-corrected chi connectivity index (χ2v) is 6.20. The molecule has 0 radical (unpaired) electrons. The first-order valence-electron chi connectivity index (χ1n) is 8.63. The van der Waals surface area contributed by atoms with Gasteiger partial charge in [0.2, 0.25) is 0 Å². The Morgan fingerprint density at radius 2 is 1.30 bits per heavy atom. The number of ether oxygens (including phenoxy) is 1. The van der Waals surface area contributed by atoms with Crippen LogP contribution in [0, 0.1) is 0 Å². The fourth-order valence-electron chi connectivity index (χ4n) is 2.65. The molecule has 0 saturated carbocycles. The average molecular weight is 390 g/mol. The van der Waals surface area contributed by atoms with Crippen molar-refractivity contribution in [3.8, 4) is 5.75 Å². The van der Waals surface area contributed by atoms with E-state index in [9.17, 15) is 26.3 Å². The van der Waals surface area contributed by atoms with E-state index in [2.05, 4.69) is 0 Å². The van der Waals surface area contributed by atoms with Crippen molar-refractivity contribution in [2.75, 3.05) is 6.61 Å². The van der Waals surface area contributed by atoms with Crippen molar-refractivity contribution in [1.82, 2.24) is 0 Å². The summed E-state index contributed by atoms with van der Waals surface area (Å²) in [6, 6.07) is 10.2. The maximum atomic E-state index is 12.8. The molecule has 7 heteroatoms. The molecule has 0 spiro atoms. The van der Waals surface area contributed by atoms with E-state index in [1.807, 2.05) is 0 Å². The maximum Gasteiger partial charge on any atom is 0.419 e. The molecule has 2 aromatic carbocycles. The molecule has 0 saturated heterocycles. The number of rotatable bonds is 8. The highest BCUT2D eigenvalue weighted by atomic mass is 19.4. The van der Waals surface area contributed by atoms with Crippen LogP contribution in [0.1, 0.15) is 42.4 Å². The van der Waals surface area contributed by atoms with Crippen LogP contribution in [-0.4, -0.2) is 6.61 Å². The summed E-state index contributed by atoms with van der Waals surface area (Å²) in [5.41, 5.74) is -0.617. The van der Waals surface area contributed by atoms with E-state index < -0.39 is 23.5 Å². The third-order valence-corrected chi connectivity index (χ3v) is 4.09. The number of unbranched alkanes of at least 4 members (excludes halogenated alkanes) is 3. The van der Waals surface area contributed by atoms with E-state index in [4.69, 9.17) is 4.74 Å². The van der Waals surface area contributed by atoms with E-state index >= 15 is 0 Å². The molecule has 0 aliphatic carbocycles. The van der Waals surface area contributed by atoms with Gasteiger partial charge in [0.1, 0.15) is 5.75 Å². The molecule has 0 unspecified atom stereocenters. The van der Waals surface area contributed by atoms with E-state index in [1.165, 1.54) is 30.3 Å². The highest BCUT2D eigenvalue weighted by Gasteiger charge is 2.34. The van der Waals surface area contributed by atoms with E-state index in [0.29, 0.717) is 12.8 Å². The predicted molar refractivity (Wildman–Crippen MR) is 90.6 cm³/mol. The minimum atomic E-state index is -4.45. The normalized spacial score (nSPS) is 12.2. The van der Waals surface area contributed by atoms with Gasteiger partial charge in [0.15, 0.2) is 0 Å². The van der Waals surface area contributed by atoms with Gasteiger partial charge in [-0.1, -0.05) is 37.1 Å². The Morgan fingerprint density at radius 3 is 1.93 bits per heavy atom. The van der Waals surface area contributed by atoms with E-state index in [0.717, 1.165) is 43.0 Å². The average Bonchev–Trinajstić information content (AvgIpc) is 2.60. The third kappa shape index (κ3) is 6.81. The summed E-state index contributed by atoms with van der Waals surface area (Å²) in [6.07, 6.45) is -5.11. The first-order chi connectivity index (χ1) is 12.7. The number of alkyl halides is 6. The van der Waals surface area contributed by atoms with Crippen molar-refractivity contribution in [3.05, 3.63) is 65.2 Å². The number of para-hydroxylation sites is 1. The summed E-state index contributed by atoms with van der Waals surface area (Å²) in [5.74, 6) is -0.172. The maximum absolute atomic E-state index is 12.8. The van der Waals surface area contributed by atoms with Crippen LogP contribution in [0.4, 0.5) is 26.3 Å². The van der Waals surface area contributed by atoms with Crippen LogP contribution in [0.2, 0.25) is 0 Å². The summed E-state index contributed by atoms with van der Waals surface area (Å²) in [7, 11) is 0. The lowest BCUT2D eigenvalue weighted by molar-refractivity contribution is -0.139. The molecule has 27 heavy (non-hydrogen) atoms. The number of aryl methyl sites for hydroxylation is 1. The van der Waals surface area contributed by atoms with Crippen molar-refractivity contribution in [1.29, 1.82) is 0 Å². The molecule has 0 aliphatic rings. The van der Waals surface area contributed by atoms with Gasteiger partial charge in [0.05, 0.1) is 17.7 Å². The van der Waals surface area contributed by atoms with Gasteiger partial charge in [0, 0.05) is 0 Å². The zero-order valence-corrected chi connectivity index (χ0v) is 14.5. The van der Waals surface area contributed by atoms with Gasteiger partial charge < -0.3 is 4.74 Å². The summed E-state index contributed by atoms with van der Waals surface area (Å²) >= 11 is 0. The Hall–Kier alpha value is -2.18. The number of hydrogen-bond donors (Lipinski definition) is 0. The van der Waals surface area contributed by atoms with Crippen LogP contribution in [0.3, 0.4) is 0 Å².